The standard InChI is InChI=1S/2C13H27N.C12H24S.C9H18O2.C9H18O.C9H18S.3C8H15NO.C8H15NS/c2*1-10(2)11(3,4)13(7,8)14(9)12(10,5)6;1-9(2)10(3,4)12(7,8)13-11(9,5)6;1-7(2)8(3,4)11-9(5,6)10-7;2*1-7(2)8(3,4)10-9(7,5)6;4*1-6-9-7(2,3)8(4,5)10-6/h2*1-9H3;1-8H3;1-6H3;2*1-6H3;4*1-5H3. The maximum Gasteiger partial charge on any atom is 0.181 e. The number of thioether (sulfide) groups is 3. The number of likely N-dealkylation sites (tertiary alicyclic amines) is 2. The van der Waals surface area contributed by atoms with Crippen LogP contribution in [0.4, 0.5) is 0 Å². The lowest BCUT2D eigenvalue weighted by Crippen LogP contribution is -2.68. The number of rotatable bonds is 0. The van der Waals surface area contributed by atoms with Gasteiger partial charge in [0, 0.05) is 72.1 Å². The van der Waals surface area contributed by atoms with Crippen LogP contribution >= 0.6 is 35.3 Å². The van der Waals surface area contributed by atoms with Gasteiger partial charge in [-0.05, 0) is 294 Å². The predicted molar refractivity (Wildman–Crippen MR) is 503 cm³/mol. The average Bonchev–Trinajstić information content (AvgIpc) is 1.50. The Balaban J connectivity index is 0.000000624. The van der Waals surface area contributed by atoms with Crippen LogP contribution in [-0.4, -0.2) is 160 Å². The summed E-state index contributed by atoms with van der Waals surface area (Å²) in [4.78, 5) is 22.7. The van der Waals surface area contributed by atoms with Gasteiger partial charge in [0.1, 0.15) is 16.8 Å². The van der Waals surface area contributed by atoms with Crippen LogP contribution in [0.25, 0.3) is 0 Å². The van der Waals surface area contributed by atoms with Crippen molar-refractivity contribution in [3.05, 3.63) is 0 Å². The van der Waals surface area contributed by atoms with Gasteiger partial charge >= 0.3 is 0 Å². The minimum Gasteiger partial charge on any atom is -0.473 e. The highest BCUT2D eigenvalue weighted by atomic mass is 32.2. The van der Waals surface area contributed by atoms with Crippen molar-refractivity contribution in [2.75, 3.05) is 14.1 Å². The first-order chi connectivity index (χ1) is 47.7. The van der Waals surface area contributed by atoms with Crippen molar-refractivity contribution >= 4 is 58.0 Å². The molecule has 0 aliphatic carbocycles. The molecule has 0 aromatic rings. The van der Waals surface area contributed by atoms with Crippen LogP contribution in [0.2, 0.25) is 0 Å². The van der Waals surface area contributed by atoms with Crippen LogP contribution in [0.15, 0.2) is 20.0 Å². The summed E-state index contributed by atoms with van der Waals surface area (Å²) in [6, 6.07) is 0. The van der Waals surface area contributed by atoms with Crippen LogP contribution in [0.5, 0.6) is 0 Å². The van der Waals surface area contributed by atoms with Crippen LogP contribution in [0, 0.1) is 43.3 Å². The van der Waals surface area contributed by atoms with Gasteiger partial charge in [0.2, 0.25) is 0 Å². The zero-order chi connectivity index (χ0) is 91.2. The Morgan fingerprint density at radius 3 is 0.464 bits per heavy atom. The second-order valence-electron chi connectivity index (χ2n) is 49.6. The Bertz CT molecular complexity index is 3000. The van der Waals surface area contributed by atoms with E-state index in [2.05, 4.69) is 462 Å². The molecule has 6 saturated heterocycles. The second-order valence-corrected chi connectivity index (χ2v) is 55.9. The van der Waals surface area contributed by atoms with E-state index in [1.807, 2.05) is 46.4 Å². The second kappa shape index (κ2) is 31.4. The molecule has 664 valence electrons. The van der Waals surface area contributed by atoms with Crippen LogP contribution < -0.4 is 0 Å². The molecule has 0 bridgehead atoms. The molecular formula is C97H192N6O6S3. The van der Waals surface area contributed by atoms with Gasteiger partial charge in [0.05, 0.1) is 49.6 Å². The zero-order valence-electron chi connectivity index (χ0n) is 86.9. The summed E-state index contributed by atoms with van der Waals surface area (Å²) < 4.78 is 35.7. The molecule has 0 spiro atoms. The maximum atomic E-state index is 5.73. The SMILES string of the molecule is CC1(C)OC(C)(C)C(C)(C)O1.CC1(C)OC(C)(C)C1(C)C.CC1(C)SC(C)(C)C(C)(C)C1(C)C.CC1(C)SC(C)(C)C1(C)C.CC1=NC(C)(C)C(C)(C)O1.CC1=NC(C)(C)C(C)(C)O1.CC1=NC(C)(C)C(C)(C)O1.CC1=NC(C)(C)C(C)(C)S1.CN1C(C)(C)C(C)(C)C(C)(C)C1(C)C.CN1C(C)(C)C(C)(C)C(C)(C)C1(C)C. The molecule has 0 aromatic carbocycles. The first-order valence-electron chi connectivity index (χ1n) is 42.8. The van der Waals surface area contributed by atoms with Crippen molar-refractivity contribution in [1.82, 2.24) is 9.80 Å². The normalized spacial score (nSPS) is 31.1. The van der Waals surface area contributed by atoms with E-state index in [1.54, 1.807) is 0 Å². The van der Waals surface area contributed by atoms with Crippen molar-refractivity contribution in [3.8, 4) is 0 Å². The van der Waals surface area contributed by atoms with Crippen molar-refractivity contribution in [2.45, 2.75) is 542 Å². The minimum absolute atomic E-state index is 0.0521. The molecule has 6 fully saturated rings. The summed E-state index contributed by atoms with van der Waals surface area (Å²) in [5.74, 6) is 1.97. The first kappa shape index (κ1) is 109. The summed E-state index contributed by atoms with van der Waals surface area (Å²) in [6.45, 7) is 138. The van der Waals surface area contributed by atoms with E-state index in [-0.39, 0.29) is 88.3 Å². The van der Waals surface area contributed by atoms with Gasteiger partial charge in [0.15, 0.2) is 23.5 Å². The summed E-state index contributed by atoms with van der Waals surface area (Å²) in [6.07, 6.45) is 0. The predicted octanol–water partition coefficient (Wildman–Crippen LogP) is 28.4. The lowest BCUT2D eigenvalue weighted by atomic mass is 9.57. The monoisotopic (exact) mass is 1630 g/mol. The fraction of sp³-hybridized carbons (Fsp3) is 0.959. The molecule has 15 heteroatoms. The molecule has 0 atom stereocenters. The third-order valence-electron chi connectivity index (χ3n) is 36.4. The molecule has 10 aliphatic rings. The van der Waals surface area contributed by atoms with Crippen molar-refractivity contribution in [1.29, 1.82) is 0 Å². The van der Waals surface area contributed by atoms with Gasteiger partial charge in [-0.2, -0.15) is 0 Å². The van der Waals surface area contributed by atoms with E-state index in [0.29, 0.717) is 62.3 Å². The molecule has 0 N–H and O–H groups in total. The summed E-state index contributed by atoms with van der Waals surface area (Å²) in [5, 5.41) is 1.22. The third kappa shape index (κ3) is 19.5. The Kier molecular flexibility index (Phi) is 30.5. The maximum absolute atomic E-state index is 5.73. The number of nitrogens with zero attached hydrogens (tertiary/aromatic N) is 6. The smallest absolute Gasteiger partial charge is 0.181 e. The molecule has 0 aromatic heterocycles. The zero-order valence-corrected chi connectivity index (χ0v) is 89.3. The molecule has 0 radical (unpaired) electrons. The van der Waals surface area contributed by atoms with E-state index in [0.717, 1.165) is 17.7 Å². The molecule has 112 heavy (non-hydrogen) atoms. The van der Waals surface area contributed by atoms with Crippen molar-refractivity contribution < 1.29 is 28.4 Å². The summed E-state index contributed by atoms with van der Waals surface area (Å²) in [5.41, 5.74) is 2.98. The minimum atomic E-state index is -0.438. The molecule has 10 heterocycles. The highest BCUT2D eigenvalue weighted by Gasteiger charge is 2.68. The van der Waals surface area contributed by atoms with Gasteiger partial charge in [0.25, 0.3) is 0 Å². The molecule has 0 saturated carbocycles. The van der Waals surface area contributed by atoms with Crippen LogP contribution in [0.1, 0.15) is 429 Å². The Labute approximate surface area is 711 Å². The Morgan fingerprint density at radius 1 is 0.214 bits per heavy atom. The van der Waals surface area contributed by atoms with Crippen LogP contribution in [-0.2, 0) is 28.4 Å². The fourth-order valence-electron chi connectivity index (χ4n) is 17.4. The molecular weight excluding hydrogens is 1440 g/mol. The highest BCUT2D eigenvalue weighted by molar-refractivity contribution is 8.15. The average molecular weight is 1630 g/mol. The van der Waals surface area contributed by atoms with E-state index in [1.165, 1.54) is 5.04 Å². The van der Waals surface area contributed by atoms with Gasteiger partial charge in [-0.1, -0.05) is 166 Å². The number of ether oxygens (including phenoxy) is 6. The number of aliphatic imine (C=N–C) groups is 4. The largest absolute Gasteiger partial charge is 0.473 e. The first-order valence-corrected chi connectivity index (χ1v) is 45.2. The van der Waals surface area contributed by atoms with E-state index >= 15 is 0 Å². The molecule has 10 rings (SSSR count). The van der Waals surface area contributed by atoms with Gasteiger partial charge < -0.3 is 28.4 Å². The highest BCUT2D eigenvalue weighted by Crippen LogP contribution is 2.71. The van der Waals surface area contributed by atoms with E-state index in [4.69, 9.17) is 28.4 Å². The fourth-order valence-corrected chi connectivity index (χ4v) is 23.1. The lowest BCUT2D eigenvalue weighted by Gasteiger charge is -2.64. The summed E-state index contributed by atoms with van der Waals surface area (Å²) in [7, 11) is 4.52. The van der Waals surface area contributed by atoms with E-state index in [9.17, 15) is 0 Å². The lowest BCUT2D eigenvalue weighted by molar-refractivity contribution is -0.339. The number of hydrogen-bond acceptors (Lipinski definition) is 15. The Morgan fingerprint density at radius 2 is 0.420 bits per heavy atom. The molecule has 0 amide bonds. The molecule has 12 nitrogen and oxygen atoms in total. The molecule has 10 aliphatic heterocycles. The molecule has 0 unspecified atom stereocenters. The quantitative estimate of drug-likeness (QED) is 0.231. The summed E-state index contributed by atoms with van der Waals surface area (Å²) >= 11 is 6.11. The van der Waals surface area contributed by atoms with Crippen LogP contribution in [0.3, 0.4) is 0 Å². The van der Waals surface area contributed by atoms with Gasteiger partial charge in [-0.25, -0.2) is 15.0 Å². The third-order valence-corrected chi connectivity index (χ3v) is 41.9. The van der Waals surface area contributed by atoms with Crippen molar-refractivity contribution in [2.24, 2.45) is 63.3 Å². The van der Waals surface area contributed by atoms with Crippen molar-refractivity contribution in [3.63, 3.8) is 0 Å². The topological polar surface area (TPSA) is 111 Å². The van der Waals surface area contributed by atoms with E-state index < -0.39 is 5.79 Å². The number of hydrogen-bond donors (Lipinski definition) is 0. The van der Waals surface area contributed by atoms with Gasteiger partial charge in [-0.15, -0.1) is 35.3 Å². The van der Waals surface area contributed by atoms with Gasteiger partial charge in [-0.3, -0.25) is 14.8 Å². The Hall–Kier alpha value is -1.07.